The van der Waals surface area contributed by atoms with Crippen LogP contribution in [-0.2, 0) is 9.53 Å². The highest BCUT2D eigenvalue weighted by atomic mass is 79.9. The van der Waals surface area contributed by atoms with Crippen molar-refractivity contribution in [3.63, 3.8) is 0 Å². The molecule has 0 aliphatic rings. The molecule has 2 aromatic carbocycles. The third-order valence-electron chi connectivity index (χ3n) is 3.70. The van der Waals surface area contributed by atoms with Crippen LogP contribution in [0.1, 0.15) is 17.3 Å². The Balaban J connectivity index is 0.00000225. The normalized spacial score (nSPS) is 11.3. The molecule has 0 saturated heterocycles. The summed E-state index contributed by atoms with van der Waals surface area (Å²) in [5.74, 6) is -0.307. The Bertz CT molecular complexity index is 822. The number of esters is 1. The van der Waals surface area contributed by atoms with E-state index in [9.17, 15) is 4.79 Å². The van der Waals surface area contributed by atoms with Crippen LogP contribution in [0.3, 0.4) is 0 Å². The highest BCUT2D eigenvalue weighted by Crippen LogP contribution is 2.24. The summed E-state index contributed by atoms with van der Waals surface area (Å²) in [6, 6.07) is 21.2. The number of hydrogen-bond donors (Lipinski definition) is 1. The lowest BCUT2D eigenvalue weighted by Crippen LogP contribution is -3.00. The van der Waals surface area contributed by atoms with Crippen molar-refractivity contribution in [3.8, 4) is 5.69 Å². The lowest BCUT2D eigenvalue weighted by molar-refractivity contribution is -0.527. The molecule has 1 atom stereocenters. The number of ether oxygens (including phenoxy) is 1. The third-order valence-corrected chi connectivity index (χ3v) is 4.81. The number of nitrogens with zero attached hydrogens (tertiary/aromatic N) is 1. The number of aromatic nitrogens is 1. The van der Waals surface area contributed by atoms with E-state index in [0.717, 1.165) is 21.9 Å². The fraction of sp³-hybridized carbons (Fsp3) is 0.158. The molecule has 1 heterocycles. The van der Waals surface area contributed by atoms with Crippen molar-refractivity contribution < 1.29 is 30.5 Å². The summed E-state index contributed by atoms with van der Waals surface area (Å²) in [6.45, 7) is 2.05. The molecule has 0 saturated carbocycles. The van der Waals surface area contributed by atoms with Crippen molar-refractivity contribution in [3.05, 3.63) is 78.0 Å². The predicted octanol–water partition coefficient (Wildman–Crippen LogP) is 0.663. The number of rotatable bonds is 5. The first-order valence-electron chi connectivity index (χ1n) is 7.67. The van der Waals surface area contributed by atoms with E-state index in [0.29, 0.717) is 0 Å². The Kier molecular flexibility index (Phi) is 6.73. The Morgan fingerprint density at radius 1 is 1.08 bits per heavy atom. The average Bonchev–Trinajstić information content (AvgIpc) is 3.01. The maximum atomic E-state index is 12.2. The SMILES string of the molecule is COC(=O)[C@@H](Nc1cc(C)[n+](-c2ccccc2)s1)c1ccccc1.[Br-]. The molecule has 0 radical (unpaired) electrons. The quantitative estimate of drug-likeness (QED) is 0.488. The van der Waals surface area contributed by atoms with Gasteiger partial charge in [-0.15, -0.1) is 0 Å². The van der Waals surface area contributed by atoms with Gasteiger partial charge in [0.1, 0.15) is 0 Å². The fourth-order valence-electron chi connectivity index (χ4n) is 2.52. The monoisotopic (exact) mass is 418 g/mol. The summed E-state index contributed by atoms with van der Waals surface area (Å²) in [5, 5.41) is 4.21. The Morgan fingerprint density at radius 2 is 1.68 bits per heavy atom. The number of anilines is 1. The van der Waals surface area contributed by atoms with Gasteiger partial charge < -0.3 is 27.0 Å². The van der Waals surface area contributed by atoms with Gasteiger partial charge in [-0.1, -0.05) is 52.5 Å². The Labute approximate surface area is 162 Å². The van der Waals surface area contributed by atoms with Crippen LogP contribution in [-0.4, -0.2) is 13.1 Å². The molecule has 0 fully saturated rings. The molecule has 0 bridgehead atoms. The Morgan fingerprint density at radius 3 is 2.28 bits per heavy atom. The van der Waals surface area contributed by atoms with E-state index in [1.807, 2.05) is 61.5 Å². The van der Waals surface area contributed by atoms with Gasteiger partial charge in [-0.3, -0.25) is 0 Å². The molecule has 0 amide bonds. The van der Waals surface area contributed by atoms with Crippen molar-refractivity contribution in [2.24, 2.45) is 0 Å². The summed E-state index contributed by atoms with van der Waals surface area (Å²) in [7, 11) is 1.41. The fourth-order valence-corrected chi connectivity index (χ4v) is 3.53. The Hall–Kier alpha value is -2.18. The van der Waals surface area contributed by atoms with Crippen molar-refractivity contribution in [2.45, 2.75) is 13.0 Å². The van der Waals surface area contributed by atoms with Gasteiger partial charge in [-0.05, 0) is 5.56 Å². The lowest BCUT2D eigenvalue weighted by atomic mass is 10.1. The lowest BCUT2D eigenvalue weighted by Gasteiger charge is -2.15. The molecule has 0 spiro atoms. The zero-order valence-electron chi connectivity index (χ0n) is 14.0. The van der Waals surface area contributed by atoms with Crippen LogP contribution >= 0.6 is 11.5 Å². The number of carbonyl (C=O) groups is 1. The van der Waals surface area contributed by atoms with E-state index in [2.05, 4.69) is 21.4 Å². The minimum Gasteiger partial charge on any atom is -1.00 e. The molecule has 0 unspecified atom stereocenters. The maximum absolute atomic E-state index is 12.2. The van der Waals surface area contributed by atoms with Gasteiger partial charge in [0.15, 0.2) is 22.6 Å². The first-order chi connectivity index (χ1) is 11.7. The second-order valence-electron chi connectivity index (χ2n) is 5.38. The van der Waals surface area contributed by atoms with Crippen LogP contribution in [0.2, 0.25) is 0 Å². The molecule has 3 aromatic rings. The van der Waals surface area contributed by atoms with Gasteiger partial charge in [-0.25, -0.2) is 4.79 Å². The topological polar surface area (TPSA) is 42.2 Å². The van der Waals surface area contributed by atoms with Crippen LogP contribution in [0.15, 0.2) is 66.7 Å². The van der Waals surface area contributed by atoms with Gasteiger partial charge in [0, 0.05) is 25.1 Å². The van der Waals surface area contributed by atoms with Crippen LogP contribution in [0, 0.1) is 6.92 Å². The molecule has 6 heteroatoms. The first kappa shape index (κ1) is 19.1. The highest BCUT2D eigenvalue weighted by Gasteiger charge is 2.25. The molecule has 3 rings (SSSR count). The second-order valence-corrected chi connectivity index (χ2v) is 6.37. The summed E-state index contributed by atoms with van der Waals surface area (Å²) >= 11 is 1.56. The van der Waals surface area contributed by atoms with Crippen molar-refractivity contribution in [1.82, 2.24) is 0 Å². The predicted molar refractivity (Wildman–Crippen MR) is 95.4 cm³/mol. The summed E-state index contributed by atoms with van der Waals surface area (Å²) in [4.78, 5) is 12.2. The molecule has 0 aliphatic carbocycles. The minimum atomic E-state index is -0.529. The summed E-state index contributed by atoms with van der Waals surface area (Å²) in [5.41, 5.74) is 3.08. The van der Waals surface area contributed by atoms with Gasteiger partial charge >= 0.3 is 5.97 Å². The summed E-state index contributed by atoms with van der Waals surface area (Å²) < 4.78 is 7.08. The molecular formula is C19H19BrN2O2S. The van der Waals surface area contributed by atoms with Crippen molar-refractivity contribution in [2.75, 3.05) is 12.4 Å². The van der Waals surface area contributed by atoms with E-state index < -0.39 is 6.04 Å². The van der Waals surface area contributed by atoms with Gasteiger partial charge in [-0.2, -0.15) is 0 Å². The summed E-state index contributed by atoms with van der Waals surface area (Å²) in [6.07, 6.45) is 0. The molecule has 25 heavy (non-hydrogen) atoms. The van der Waals surface area contributed by atoms with E-state index in [1.165, 1.54) is 7.11 Å². The van der Waals surface area contributed by atoms with Crippen LogP contribution < -0.4 is 26.3 Å². The largest absolute Gasteiger partial charge is 1.00 e. The number of para-hydroxylation sites is 1. The third kappa shape index (κ3) is 4.46. The molecule has 1 N–H and O–H groups in total. The molecule has 1 aromatic heterocycles. The number of carbonyl (C=O) groups excluding carboxylic acids is 1. The second kappa shape index (κ2) is 8.78. The average molecular weight is 419 g/mol. The maximum Gasteiger partial charge on any atom is 0.333 e. The number of aryl methyl sites for hydroxylation is 1. The van der Waals surface area contributed by atoms with Gasteiger partial charge in [0.05, 0.1) is 7.11 Å². The zero-order valence-corrected chi connectivity index (χ0v) is 16.4. The number of nitrogens with one attached hydrogen (secondary N) is 1. The highest BCUT2D eigenvalue weighted by molar-refractivity contribution is 7.06. The van der Waals surface area contributed by atoms with E-state index in [-0.39, 0.29) is 23.0 Å². The van der Waals surface area contributed by atoms with Crippen LogP contribution in [0.4, 0.5) is 5.00 Å². The number of benzene rings is 2. The molecular weight excluding hydrogens is 400 g/mol. The van der Waals surface area contributed by atoms with E-state index >= 15 is 0 Å². The zero-order chi connectivity index (χ0) is 16.9. The van der Waals surface area contributed by atoms with Gasteiger partial charge in [0.2, 0.25) is 11.4 Å². The van der Waals surface area contributed by atoms with Crippen LogP contribution in [0.25, 0.3) is 5.69 Å². The van der Waals surface area contributed by atoms with E-state index in [4.69, 9.17) is 4.74 Å². The molecule has 0 aliphatic heterocycles. The van der Waals surface area contributed by atoms with Crippen molar-refractivity contribution >= 4 is 22.5 Å². The van der Waals surface area contributed by atoms with E-state index in [1.54, 1.807) is 11.5 Å². The number of hydrogen-bond acceptors (Lipinski definition) is 4. The van der Waals surface area contributed by atoms with Gasteiger partial charge in [0.25, 0.3) is 0 Å². The standard InChI is InChI=1S/C19H18N2O2S.BrH/c1-14-13-17(24-21(14)16-11-7-4-8-12-16)20-18(19(22)23-2)15-9-5-3-6-10-15;/h3-13,18H,1-2H3;1H/t18-;/m0./s1. The first-order valence-corrected chi connectivity index (χ1v) is 8.44. The molecule has 130 valence electrons. The number of methoxy groups -OCH3 is 1. The van der Waals surface area contributed by atoms with Crippen molar-refractivity contribution in [1.29, 1.82) is 0 Å². The molecule has 4 nitrogen and oxygen atoms in total. The number of halogens is 1. The van der Waals surface area contributed by atoms with Crippen LogP contribution in [0.5, 0.6) is 0 Å². The smallest absolute Gasteiger partial charge is 0.333 e. The minimum absolute atomic E-state index is 0.